The molecule has 0 fully saturated rings. The van der Waals surface area contributed by atoms with Crippen molar-refractivity contribution in [3.63, 3.8) is 0 Å². The topological polar surface area (TPSA) is 82.0 Å². The second-order valence-electron chi connectivity index (χ2n) is 7.41. The largest absolute Gasteiger partial charge is 0.497 e. The minimum absolute atomic E-state index is 0.262. The van der Waals surface area contributed by atoms with Crippen molar-refractivity contribution in [3.05, 3.63) is 89.7 Å². The van der Waals surface area contributed by atoms with Crippen molar-refractivity contribution in [3.8, 4) is 11.5 Å². The highest BCUT2D eigenvalue weighted by atomic mass is 16.6. The van der Waals surface area contributed by atoms with Gasteiger partial charge in [-0.1, -0.05) is 41.6 Å². The first kappa shape index (κ1) is 21.4. The molecule has 164 valence electrons. The highest BCUT2D eigenvalue weighted by Gasteiger charge is 2.45. The summed E-state index contributed by atoms with van der Waals surface area (Å²) in [5.41, 5.74) is 1.46. The fraction of sp³-hybridized carbons (Fsp3) is 0.240. The van der Waals surface area contributed by atoms with Gasteiger partial charge in [-0.15, -0.1) is 0 Å². The van der Waals surface area contributed by atoms with Crippen LogP contribution in [-0.4, -0.2) is 37.1 Å². The van der Waals surface area contributed by atoms with Gasteiger partial charge in [-0.05, 0) is 54.8 Å². The Bertz CT molecular complexity index is 1120. The van der Waals surface area contributed by atoms with Crippen molar-refractivity contribution in [2.45, 2.75) is 18.8 Å². The van der Waals surface area contributed by atoms with Gasteiger partial charge in [-0.2, -0.15) is 0 Å². The lowest BCUT2D eigenvalue weighted by molar-refractivity contribution is 0.0970. The number of ether oxygens (including phenoxy) is 2. The Kier molecular flexibility index (Phi) is 6.35. The summed E-state index contributed by atoms with van der Waals surface area (Å²) in [6, 6.07) is 20.8. The molecule has 1 unspecified atom stereocenters. The number of nitrogens with one attached hydrogen (secondary N) is 1. The van der Waals surface area contributed by atoms with E-state index in [4.69, 9.17) is 14.3 Å². The van der Waals surface area contributed by atoms with Crippen LogP contribution in [0.5, 0.6) is 11.5 Å². The zero-order valence-electron chi connectivity index (χ0n) is 18.1. The van der Waals surface area contributed by atoms with E-state index in [0.29, 0.717) is 30.3 Å². The Morgan fingerprint density at radius 3 is 2.75 bits per heavy atom. The molecule has 3 aromatic rings. The molecule has 0 aliphatic carbocycles. The Morgan fingerprint density at radius 1 is 1.12 bits per heavy atom. The van der Waals surface area contributed by atoms with Gasteiger partial charge in [0.2, 0.25) is 0 Å². The molecule has 1 aliphatic heterocycles. The van der Waals surface area contributed by atoms with Gasteiger partial charge in [0, 0.05) is 6.20 Å². The highest BCUT2D eigenvalue weighted by molar-refractivity contribution is 6.09. The number of hydrogen-bond acceptors (Lipinski definition) is 6. The second-order valence-corrected chi connectivity index (χ2v) is 7.41. The first-order valence-electron chi connectivity index (χ1n) is 10.4. The van der Waals surface area contributed by atoms with Crippen LogP contribution < -0.4 is 14.8 Å². The first-order chi connectivity index (χ1) is 15.7. The number of para-hydroxylation sites is 1. The molecule has 1 aliphatic rings. The van der Waals surface area contributed by atoms with Crippen LogP contribution in [-0.2, 0) is 16.7 Å². The van der Waals surface area contributed by atoms with Crippen molar-refractivity contribution in [2.75, 3.05) is 20.3 Å². The van der Waals surface area contributed by atoms with Crippen molar-refractivity contribution in [1.82, 2.24) is 10.3 Å². The van der Waals surface area contributed by atoms with E-state index in [2.05, 4.69) is 15.5 Å². The number of carbonyl (C=O) groups is 1. The Morgan fingerprint density at radius 2 is 1.97 bits per heavy atom. The number of nitrogens with zero attached hydrogens (tertiary/aromatic N) is 2. The van der Waals surface area contributed by atoms with Gasteiger partial charge in [0.05, 0.1) is 19.1 Å². The molecule has 32 heavy (non-hydrogen) atoms. The maximum atomic E-state index is 12.9. The van der Waals surface area contributed by atoms with Gasteiger partial charge in [0.1, 0.15) is 23.8 Å². The predicted octanol–water partition coefficient (Wildman–Crippen LogP) is 3.74. The average molecular weight is 431 g/mol. The Hall–Kier alpha value is -3.87. The lowest BCUT2D eigenvalue weighted by atomic mass is 9.75. The maximum absolute atomic E-state index is 12.9. The summed E-state index contributed by atoms with van der Waals surface area (Å²) in [6.45, 7) is 2.77. The summed E-state index contributed by atoms with van der Waals surface area (Å²) >= 11 is 0. The van der Waals surface area contributed by atoms with E-state index in [-0.39, 0.29) is 12.5 Å². The summed E-state index contributed by atoms with van der Waals surface area (Å²) in [4.78, 5) is 22.6. The molecule has 0 bridgehead atoms. The fourth-order valence-corrected chi connectivity index (χ4v) is 3.82. The van der Waals surface area contributed by atoms with E-state index in [1.807, 2.05) is 55.5 Å². The number of hydrogen-bond donors (Lipinski definition) is 1. The van der Waals surface area contributed by atoms with E-state index in [1.165, 1.54) is 0 Å². The Labute approximate surface area is 187 Å². The number of aromatic nitrogens is 1. The van der Waals surface area contributed by atoms with Gasteiger partial charge in [-0.25, -0.2) is 0 Å². The van der Waals surface area contributed by atoms with Crippen LogP contribution in [0.4, 0.5) is 0 Å². The summed E-state index contributed by atoms with van der Waals surface area (Å²) in [6.07, 6.45) is 2.09. The van der Waals surface area contributed by atoms with Crippen molar-refractivity contribution in [1.29, 1.82) is 0 Å². The van der Waals surface area contributed by atoms with Gasteiger partial charge in [0.25, 0.3) is 5.91 Å². The van der Waals surface area contributed by atoms with E-state index in [1.54, 1.807) is 31.5 Å². The monoisotopic (exact) mass is 431 g/mol. The standard InChI is InChI=1S/C25H25N3O4/c1-3-31-22-13-5-4-9-18(22)16-25(19-10-8-11-20(15-19)30-2)17-32-28-24(25)27-23(29)21-12-6-7-14-26-21/h4-15H,3,16-17H2,1-2H3,(H,27,28,29). The van der Waals surface area contributed by atoms with E-state index in [0.717, 1.165) is 16.9 Å². The zero-order chi connectivity index (χ0) is 22.4. The molecule has 0 radical (unpaired) electrons. The lowest BCUT2D eigenvalue weighted by Crippen LogP contribution is -2.48. The van der Waals surface area contributed by atoms with Crippen molar-refractivity contribution < 1.29 is 19.1 Å². The maximum Gasteiger partial charge on any atom is 0.275 e. The molecule has 7 heteroatoms. The van der Waals surface area contributed by atoms with Crippen LogP contribution in [0.3, 0.4) is 0 Å². The van der Waals surface area contributed by atoms with Crippen LogP contribution in [0, 0.1) is 0 Å². The lowest BCUT2D eigenvalue weighted by Gasteiger charge is -2.30. The second kappa shape index (κ2) is 9.51. The number of methoxy groups -OCH3 is 1. The molecule has 1 amide bonds. The number of pyridine rings is 1. The van der Waals surface area contributed by atoms with Crippen LogP contribution >= 0.6 is 0 Å². The van der Waals surface area contributed by atoms with E-state index in [9.17, 15) is 4.79 Å². The minimum atomic E-state index is -0.744. The molecule has 0 saturated heterocycles. The molecule has 2 heterocycles. The van der Waals surface area contributed by atoms with Gasteiger partial charge in [-0.3, -0.25) is 9.78 Å². The third-order valence-electron chi connectivity index (χ3n) is 5.44. The van der Waals surface area contributed by atoms with Crippen LogP contribution in [0.1, 0.15) is 28.5 Å². The van der Waals surface area contributed by atoms with Crippen molar-refractivity contribution >= 4 is 11.7 Å². The Balaban J connectivity index is 1.75. The minimum Gasteiger partial charge on any atom is -0.497 e. The van der Waals surface area contributed by atoms with Crippen LogP contribution in [0.2, 0.25) is 0 Å². The van der Waals surface area contributed by atoms with Gasteiger partial charge < -0.3 is 19.6 Å². The number of amides is 1. The zero-order valence-corrected chi connectivity index (χ0v) is 18.1. The normalized spacial score (nSPS) is 17.2. The number of amidine groups is 1. The number of benzene rings is 2. The third kappa shape index (κ3) is 4.27. The SMILES string of the molecule is CCOc1ccccc1CC1(c2cccc(OC)c2)CON=C1NC(=O)c1ccccn1. The third-order valence-corrected chi connectivity index (χ3v) is 5.44. The van der Waals surface area contributed by atoms with Gasteiger partial charge in [0.15, 0.2) is 5.84 Å². The van der Waals surface area contributed by atoms with Crippen LogP contribution in [0.15, 0.2) is 78.1 Å². The molecule has 1 atom stereocenters. The molecule has 7 nitrogen and oxygen atoms in total. The molecular formula is C25H25N3O4. The first-order valence-corrected chi connectivity index (χ1v) is 10.4. The molecule has 2 aromatic carbocycles. The van der Waals surface area contributed by atoms with Crippen LogP contribution in [0.25, 0.3) is 0 Å². The fourth-order valence-electron chi connectivity index (χ4n) is 3.82. The summed E-state index contributed by atoms with van der Waals surface area (Å²) in [5, 5.41) is 7.17. The quantitative estimate of drug-likeness (QED) is 0.616. The highest BCUT2D eigenvalue weighted by Crippen LogP contribution is 2.37. The molecule has 1 N–H and O–H groups in total. The number of carbonyl (C=O) groups excluding carboxylic acids is 1. The molecule has 0 spiro atoms. The average Bonchev–Trinajstić information content (AvgIpc) is 3.24. The molecular weight excluding hydrogens is 406 g/mol. The summed E-state index contributed by atoms with van der Waals surface area (Å²) in [5.74, 6) is 1.58. The predicted molar refractivity (Wildman–Crippen MR) is 121 cm³/mol. The molecule has 4 rings (SSSR count). The van der Waals surface area contributed by atoms with Gasteiger partial charge >= 0.3 is 0 Å². The number of rotatable bonds is 7. The molecule has 0 saturated carbocycles. The smallest absolute Gasteiger partial charge is 0.275 e. The summed E-state index contributed by atoms with van der Waals surface area (Å²) < 4.78 is 11.3. The van der Waals surface area contributed by atoms with Crippen molar-refractivity contribution in [2.24, 2.45) is 5.16 Å². The number of oxime groups is 1. The molecule has 1 aromatic heterocycles. The van der Waals surface area contributed by atoms with E-state index < -0.39 is 5.41 Å². The van der Waals surface area contributed by atoms with E-state index >= 15 is 0 Å². The summed E-state index contributed by atoms with van der Waals surface area (Å²) in [7, 11) is 1.62.